The molecule has 0 spiro atoms. The summed E-state index contributed by atoms with van der Waals surface area (Å²) < 4.78 is 2.16. The molecule has 1 aromatic heterocycles. The van der Waals surface area contributed by atoms with Crippen LogP contribution < -0.4 is 5.32 Å². The Labute approximate surface area is 85.5 Å². The van der Waals surface area contributed by atoms with Gasteiger partial charge < -0.3 is 9.88 Å². The topological polar surface area (TPSA) is 29.9 Å². The summed E-state index contributed by atoms with van der Waals surface area (Å²) in [4.78, 5) is 4.41. The molecule has 1 aromatic rings. The molecule has 1 aliphatic rings. The number of nitrogens with one attached hydrogen (secondary N) is 1. The fourth-order valence-electron chi connectivity index (χ4n) is 1.65. The zero-order valence-electron chi connectivity index (χ0n) is 9.46. The third kappa shape index (κ3) is 1.76. The van der Waals surface area contributed by atoms with Crippen LogP contribution >= 0.6 is 0 Å². The van der Waals surface area contributed by atoms with Crippen molar-refractivity contribution in [1.29, 1.82) is 0 Å². The zero-order valence-corrected chi connectivity index (χ0v) is 9.46. The van der Waals surface area contributed by atoms with Crippen LogP contribution in [0.2, 0.25) is 0 Å². The minimum atomic E-state index is 0.172. The Balaban J connectivity index is 2.22. The van der Waals surface area contributed by atoms with Crippen molar-refractivity contribution < 1.29 is 0 Å². The molecule has 14 heavy (non-hydrogen) atoms. The number of nitrogens with zero attached hydrogens (tertiary/aromatic N) is 2. The summed E-state index contributed by atoms with van der Waals surface area (Å²) in [5, 5.41) is 3.43. The molecule has 0 radical (unpaired) electrons. The van der Waals surface area contributed by atoms with E-state index in [-0.39, 0.29) is 5.41 Å². The molecule has 0 atom stereocenters. The molecule has 0 aliphatic heterocycles. The van der Waals surface area contributed by atoms with E-state index in [1.54, 1.807) is 0 Å². The molecule has 1 heterocycles. The average molecular weight is 193 g/mol. The number of imidazole rings is 1. The van der Waals surface area contributed by atoms with E-state index in [0.717, 1.165) is 5.95 Å². The Morgan fingerprint density at radius 1 is 1.43 bits per heavy atom. The van der Waals surface area contributed by atoms with Gasteiger partial charge in [-0.15, -0.1) is 0 Å². The van der Waals surface area contributed by atoms with Crippen LogP contribution in [0.1, 0.15) is 39.3 Å². The van der Waals surface area contributed by atoms with Gasteiger partial charge in [-0.25, -0.2) is 4.98 Å². The quantitative estimate of drug-likeness (QED) is 0.781. The zero-order chi connectivity index (χ0) is 10.3. The first-order valence-electron chi connectivity index (χ1n) is 5.27. The molecule has 1 saturated carbocycles. The van der Waals surface area contributed by atoms with E-state index in [1.165, 1.54) is 18.5 Å². The molecular formula is C11H19N3. The number of anilines is 1. The summed E-state index contributed by atoms with van der Waals surface area (Å²) in [6, 6.07) is 0.670. The lowest BCUT2D eigenvalue weighted by Gasteiger charge is -2.19. The first kappa shape index (κ1) is 9.56. The van der Waals surface area contributed by atoms with Gasteiger partial charge in [-0.05, 0) is 12.8 Å². The van der Waals surface area contributed by atoms with Crippen molar-refractivity contribution in [3.05, 3.63) is 11.9 Å². The van der Waals surface area contributed by atoms with E-state index in [2.05, 4.69) is 42.7 Å². The first-order chi connectivity index (χ1) is 6.48. The summed E-state index contributed by atoms with van der Waals surface area (Å²) in [6.07, 6.45) is 4.56. The highest BCUT2D eigenvalue weighted by Gasteiger charge is 2.25. The molecule has 0 bridgehead atoms. The number of aromatic nitrogens is 2. The van der Waals surface area contributed by atoms with Crippen molar-refractivity contribution >= 4 is 5.95 Å². The maximum Gasteiger partial charge on any atom is 0.202 e. The fraction of sp³-hybridized carbons (Fsp3) is 0.727. The molecule has 78 valence electrons. The second-order valence-corrected chi connectivity index (χ2v) is 5.19. The van der Waals surface area contributed by atoms with E-state index in [4.69, 9.17) is 0 Å². The van der Waals surface area contributed by atoms with Crippen LogP contribution in [0.15, 0.2) is 6.20 Å². The molecule has 0 unspecified atom stereocenters. The van der Waals surface area contributed by atoms with Crippen LogP contribution in [0.4, 0.5) is 5.95 Å². The van der Waals surface area contributed by atoms with Crippen LogP contribution in [0.3, 0.4) is 0 Å². The highest BCUT2D eigenvalue weighted by molar-refractivity contribution is 5.34. The van der Waals surface area contributed by atoms with E-state index in [0.29, 0.717) is 6.04 Å². The molecule has 1 aliphatic carbocycles. The Bertz CT molecular complexity index is 329. The SMILES string of the molecule is Cn1c(C(C)(C)C)cnc1NC1CC1. The molecule has 3 heteroatoms. The maximum absolute atomic E-state index is 4.41. The Kier molecular flexibility index (Phi) is 2.05. The van der Waals surface area contributed by atoms with Gasteiger partial charge in [0.15, 0.2) is 0 Å². The predicted molar refractivity (Wildman–Crippen MR) is 58.6 cm³/mol. The maximum atomic E-state index is 4.41. The van der Waals surface area contributed by atoms with Crippen molar-refractivity contribution in [2.75, 3.05) is 5.32 Å². The first-order valence-corrected chi connectivity index (χ1v) is 5.27. The van der Waals surface area contributed by atoms with Crippen LogP contribution in [-0.2, 0) is 12.5 Å². The van der Waals surface area contributed by atoms with E-state index < -0.39 is 0 Å². The molecular weight excluding hydrogens is 174 g/mol. The lowest BCUT2D eigenvalue weighted by atomic mass is 9.93. The third-order valence-corrected chi connectivity index (χ3v) is 2.67. The molecule has 1 N–H and O–H groups in total. The second kappa shape index (κ2) is 3.01. The Hall–Kier alpha value is -0.990. The van der Waals surface area contributed by atoms with Crippen molar-refractivity contribution in [3.63, 3.8) is 0 Å². The van der Waals surface area contributed by atoms with Gasteiger partial charge in [0.1, 0.15) is 0 Å². The molecule has 0 amide bonds. The highest BCUT2D eigenvalue weighted by atomic mass is 15.2. The fourth-order valence-corrected chi connectivity index (χ4v) is 1.65. The van der Waals surface area contributed by atoms with Gasteiger partial charge in [0.25, 0.3) is 0 Å². The van der Waals surface area contributed by atoms with Crippen LogP contribution in [0.5, 0.6) is 0 Å². The van der Waals surface area contributed by atoms with Crippen LogP contribution in [0.25, 0.3) is 0 Å². The average Bonchev–Trinajstić information content (AvgIpc) is 2.76. The van der Waals surface area contributed by atoms with Crippen molar-refractivity contribution in [3.8, 4) is 0 Å². The molecule has 3 nitrogen and oxygen atoms in total. The number of hydrogen-bond acceptors (Lipinski definition) is 2. The summed E-state index contributed by atoms with van der Waals surface area (Å²) in [6.45, 7) is 6.64. The molecule has 2 rings (SSSR count). The van der Waals surface area contributed by atoms with E-state index >= 15 is 0 Å². The second-order valence-electron chi connectivity index (χ2n) is 5.19. The molecule has 0 aromatic carbocycles. The largest absolute Gasteiger partial charge is 0.353 e. The number of rotatable bonds is 2. The summed E-state index contributed by atoms with van der Waals surface area (Å²) >= 11 is 0. The monoisotopic (exact) mass is 193 g/mol. The van der Waals surface area contributed by atoms with Crippen LogP contribution in [-0.4, -0.2) is 15.6 Å². The van der Waals surface area contributed by atoms with Gasteiger partial charge in [-0.3, -0.25) is 0 Å². The standard InChI is InChI=1S/C11H19N3/c1-11(2,3)9-7-12-10(14(9)4)13-8-5-6-8/h7-8H,5-6H2,1-4H3,(H,12,13). The van der Waals surface area contributed by atoms with Crippen LogP contribution in [0, 0.1) is 0 Å². The minimum absolute atomic E-state index is 0.172. The minimum Gasteiger partial charge on any atom is -0.353 e. The smallest absolute Gasteiger partial charge is 0.202 e. The molecule has 0 saturated heterocycles. The summed E-state index contributed by atoms with van der Waals surface area (Å²) in [7, 11) is 2.08. The predicted octanol–water partition coefficient (Wildman–Crippen LogP) is 2.29. The van der Waals surface area contributed by atoms with Gasteiger partial charge in [-0.1, -0.05) is 20.8 Å². The third-order valence-electron chi connectivity index (χ3n) is 2.67. The van der Waals surface area contributed by atoms with Crippen molar-refractivity contribution in [2.45, 2.75) is 45.1 Å². The Morgan fingerprint density at radius 2 is 2.07 bits per heavy atom. The number of hydrogen-bond donors (Lipinski definition) is 1. The van der Waals surface area contributed by atoms with Gasteiger partial charge in [0.05, 0.1) is 6.20 Å². The van der Waals surface area contributed by atoms with E-state index in [1.807, 2.05) is 6.20 Å². The van der Waals surface area contributed by atoms with Crippen molar-refractivity contribution in [1.82, 2.24) is 9.55 Å². The van der Waals surface area contributed by atoms with Gasteiger partial charge in [-0.2, -0.15) is 0 Å². The summed E-state index contributed by atoms with van der Waals surface area (Å²) in [5.74, 6) is 1.01. The Morgan fingerprint density at radius 3 is 2.50 bits per heavy atom. The van der Waals surface area contributed by atoms with Gasteiger partial charge in [0.2, 0.25) is 5.95 Å². The lowest BCUT2D eigenvalue weighted by molar-refractivity contribution is 0.544. The lowest BCUT2D eigenvalue weighted by Crippen LogP contribution is -2.17. The van der Waals surface area contributed by atoms with Crippen molar-refractivity contribution in [2.24, 2.45) is 7.05 Å². The van der Waals surface area contributed by atoms with Gasteiger partial charge >= 0.3 is 0 Å². The van der Waals surface area contributed by atoms with E-state index in [9.17, 15) is 0 Å². The van der Waals surface area contributed by atoms with Gasteiger partial charge in [0, 0.05) is 24.2 Å². The summed E-state index contributed by atoms with van der Waals surface area (Å²) in [5.41, 5.74) is 1.45. The normalized spacial score (nSPS) is 17.1. The highest BCUT2D eigenvalue weighted by Crippen LogP contribution is 2.27. The molecule has 1 fully saturated rings.